The molecule has 2 bridgehead atoms. The van der Waals surface area contributed by atoms with Gasteiger partial charge in [-0.15, -0.1) is 0 Å². The van der Waals surface area contributed by atoms with Gasteiger partial charge in [-0.05, 0) is 31.4 Å². The Kier molecular flexibility index (Phi) is 4.23. The van der Waals surface area contributed by atoms with Crippen LogP contribution in [0.2, 0.25) is 0 Å². The summed E-state index contributed by atoms with van der Waals surface area (Å²) in [7, 11) is 0. The van der Waals surface area contributed by atoms with Crippen LogP contribution in [0.5, 0.6) is 0 Å². The van der Waals surface area contributed by atoms with E-state index >= 15 is 0 Å². The summed E-state index contributed by atoms with van der Waals surface area (Å²) in [5.41, 5.74) is -6.13. The van der Waals surface area contributed by atoms with Gasteiger partial charge in [-0.3, -0.25) is 9.59 Å². The Labute approximate surface area is 169 Å². The third kappa shape index (κ3) is 2.34. The minimum Gasteiger partial charge on any atom is -0.465 e. The van der Waals surface area contributed by atoms with Gasteiger partial charge in [0.15, 0.2) is 5.78 Å². The van der Waals surface area contributed by atoms with Crippen molar-refractivity contribution < 1.29 is 34.1 Å². The highest BCUT2D eigenvalue weighted by Gasteiger charge is 2.81. The van der Waals surface area contributed by atoms with Crippen LogP contribution in [0.3, 0.4) is 0 Å². The largest absolute Gasteiger partial charge is 0.465 e. The molecule has 3 fully saturated rings. The van der Waals surface area contributed by atoms with Crippen LogP contribution >= 0.6 is 0 Å². The Morgan fingerprint density at radius 1 is 1.14 bits per heavy atom. The van der Waals surface area contributed by atoms with Crippen molar-refractivity contribution in [1.82, 2.24) is 0 Å². The molecule has 29 heavy (non-hydrogen) atoms. The molecule has 1 saturated heterocycles. The number of aliphatic hydroxyl groups is 2. The third-order valence-corrected chi connectivity index (χ3v) is 7.91. The highest BCUT2D eigenvalue weighted by molar-refractivity contribution is 5.92. The average Bonchev–Trinajstić information content (AvgIpc) is 2.83. The number of ketones is 1. The Morgan fingerprint density at radius 2 is 1.79 bits per heavy atom. The number of ether oxygens (including phenoxy) is 2. The van der Waals surface area contributed by atoms with Crippen molar-refractivity contribution in [2.45, 2.75) is 57.3 Å². The second-order valence-corrected chi connectivity index (χ2v) is 9.16. The zero-order valence-corrected chi connectivity index (χ0v) is 16.8. The van der Waals surface area contributed by atoms with E-state index in [2.05, 4.69) is 0 Å². The van der Waals surface area contributed by atoms with Crippen molar-refractivity contribution in [2.24, 2.45) is 16.7 Å². The van der Waals surface area contributed by atoms with Crippen LogP contribution < -0.4 is 0 Å². The van der Waals surface area contributed by atoms with Gasteiger partial charge in [0, 0.05) is 11.8 Å². The SMILES string of the molecule is C[C@@H]1C[C@H](OC(=O)c2ccccc2)[C@@]2(O)[C@]13CC(=O)OC[C@@]2(C)[C@@](C)(O)C(=O)C3. The second-order valence-electron chi connectivity index (χ2n) is 9.16. The van der Waals surface area contributed by atoms with E-state index in [0.29, 0.717) is 5.56 Å². The van der Waals surface area contributed by atoms with Gasteiger partial charge >= 0.3 is 11.9 Å². The molecule has 1 aromatic carbocycles. The number of hydrogen-bond acceptors (Lipinski definition) is 7. The number of rotatable bonds is 2. The van der Waals surface area contributed by atoms with E-state index in [1.54, 1.807) is 37.3 Å². The fourth-order valence-corrected chi connectivity index (χ4v) is 5.83. The van der Waals surface area contributed by atoms with Gasteiger partial charge in [0.25, 0.3) is 0 Å². The summed E-state index contributed by atoms with van der Waals surface area (Å²) in [6, 6.07) is 8.42. The number of Topliss-reactive ketones (excluding diaryl/α,β-unsaturated/α-hetero) is 1. The average molecular weight is 402 g/mol. The van der Waals surface area contributed by atoms with E-state index in [4.69, 9.17) is 9.47 Å². The molecule has 0 radical (unpaired) electrons. The molecular formula is C22H26O7. The normalized spacial score (nSPS) is 43.9. The van der Waals surface area contributed by atoms with Gasteiger partial charge in [-0.2, -0.15) is 0 Å². The van der Waals surface area contributed by atoms with E-state index in [9.17, 15) is 24.6 Å². The van der Waals surface area contributed by atoms with Crippen LogP contribution in [0.4, 0.5) is 0 Å². The molecule has 1 heterocycles. The predicted molar refractivity (Wildman–Crippen MR) is 101 cm³/mol. The van der Waals surface area contributed by atoms with Crippen molar-refractivity contribution in [3.05, 3.63) is 35.9 Å². The van der Waals surface area contributed by atoms with Gasteiger partial charge in [-0.1, -0.05) is 32.0 Å². The lowest BCUT2D eigenvalue weighted by molar-refractivity contribution is -0.271. The number of carbonyl (C=O) groups excluding carboxylic acids is 3. The maximum absolute atomic E-state index is 12.9. The van der Waals surface area contributed by atoms with Crippen molar-refractivity contribution >= 4 is 17.7 Å². The number of hydrogen-bond donors (Lipinski definition) is 2. The second kappa shape index (κ2) is 6.12. The maximum Gasteiger partial charge on any atom is 0.338 e. The number of carbonyl (C=O) groups is 3. The summed E-state index contributed by atoms with van der Waals surface area (Å²) < 4.78 is 11.1. The Morgan fingerprint density at radius 3 is 2.45 bits per heavy atom. The summed E-state index contributed by atoms with van der Waals surface area (Å²) in [6.45, 7) is 4.39. The molecule has 1 aliphatic heterocycles. The molecule has 2 aliphatic carbocycles. The van der Waals surface area contributed by atoms with Crippen molar-refractivity contribution in [3.63, 3.8) is 0 Å². The smallest absolute Gasteiger partial charge is 0.338 e. The standard InChI is InChI=1S/C22H26O7/c1-13-9-16(29-18(25)14-7-5-4-6-8-14)22(27)19(2)12-28-17(24)11-21(13,22)10-15(23)20(19,3)26/h4-8,13,16,26-27H,9-12H2,1-3H3/t13-,16+,19+,20+,21-,22+/m1/s1. The van der Waals surface area contributed by atoms with E-state index in [1.165, 1.54) is 6.92 Å². The van der Waals surface area contributed by atoms with Crippen LogP contribution in [-0.4, -0.2) is 51.8 Å². The van der Waals surface area contributed by atoms with Gasteiger partial charge in [0.05, 0.1) is 17.4 Å². The summed E-state index contributed by atoms with van der Waals surface area (Å²) in [5.74, 6) is -1.87. The highest BCUT2D eigenvalue weighted by Crippen LogP contribution is 2.69. The van der Waals surface area contributed by atoms with Crippen molar-refractivity contribution in [2.75, 3.05) is 6.61 Å². The van der Waals surface area contributed by atoms with Gasteiger partial charge in [-0.25, -0.2) is 4.79 Å². The highest BCUT2D eigenvalue weighted by atomic mass is 16.6. The Hall–Kier alpha value is -2.25. The number of esters is 2. The van der Waals surface area contributed by atoms with E-state index in [0.717, 1.165) is 0 Å². The number of benzene rings is 1. The van der Waals surface area contributed by atoms with Gasteiger partial charge < -0.3 is 19.7 Å². The van der Waals surface area contributed by atoms with Gasteiger partial charge in [0.1, 0.15) is 23.9 Å². The Balaban J connectivity index is 1.84. The van der Waals surface area contributed by atoms with Crippen molar-refractivity contribution in [1.29, 1.82) is 0 Å². The molecule has 7 nitrogen and oxygen atoms in total. The van der Waals surface area contributed by atoms with Crippen LogP contribution in [0.25, 0.3) is 0 Å². The maximum atomic E-state index is 12.9. The summed E-state index contributed by atoms with van der Waals surface area (Å²) in [4.78, 5) is 38.1. The van der Waals surface area contributed by atoms with E-state index < -0.39 is 45.9 Å². The minimum atomic E-state index is -1.95. The number of cyclic esters (lactones) is 1. The lowest BCUT2D eigenvalue weighted by Crippen LogP contribution is -2.76. The molecule has 0 amide bonds. The minimum absolute atomic E-state index is 0.165. The molecule has 156 valence electrons. The molecule has 0 aromatic heterocycles. The Bertz CT molecular complexity index is 878. The molecule has 3 aliphatic rings. The molecule has 1 aromatic rings. The zero-order chi connectivity index (χ0) is 21.2. The molecule has 0 unspecified atom stereocenters. The fourth-order valence-electron chi connectivity index (χ4n) is 5.83. The van der Waals surface area contributed by atoms with Crippen LogP contribution in [0.1, 0.15) is 50.4 Å². The molecular weight excluding hydrogens is 376 g/mol. The summed E-state index contributed by atoms with van der Waals surface area (Å²) in [5, 5.41) is 23.3. The summed E-state index contributed by atoms with van der Waals surface area (Å²) >= 11 is 0. The lowest BCUT2D eigenvalue weighted by atomic mass is 9.46. The monoisotopic (exact) mass is 402 g/mol. The first-order chi connectivity index (χ1) is 13.5. The third-order valence-electron chi connectivity index (χ3n) is 7.91. The molecule has 7 heteroatoms. The first-order valence-electron chi connectivity index (χ1n) is 9.89. The van der Waals surface area contributed by atoms with Crippen LogP contribution in [-0.2, 0) is 19.1 Å². The molecule has 4 rings (SSSR count). The molecule has 6 atom stereocenters. The fraction of sp³-hybridized carbons (Fsp3) is 0.591. The van der Waals surface area contributed by atoms with E-state index in [1.807, 2.05) is 6.92 Å². The zero-order valence-electron chi connectivity index (χ0n) is 16.8. The predicted octanol–water partition coefficient (Wildman–Crippen LogP) is 1.65. The lowest BCUT2D eigenvalue weighted by Gasteiger charge is -2.61. The van der Waals surface area contributed by atoms with Crippen LogP contribution in [0.15, 0.2) is 30.3 Å². The first-order valence-corrected chi connectivity index (χ1v) is 9.89. The van der Waals surface area contributed by atoms with Crippen molar-refractivity contribution in [3.8, 4) is 0 Å². The molecule has 2 saturated carbocycles. The van der Waals surface area contributed by atoms with Gasteiger partial charge in [0.2, 0.25) is 0 Å². The quantitative estimate of drug-likeness (QED) is 0.724. The summed E-state index contributed by atoms with van der Waals surface area (Å²) in [6.07, 6.45) is -1.06. The topological polar surface area (TPSA) is 110 Å². The molecule has 0 spiro atoms. The van der Waals surface area contributed by atoms with Crippen LogP contribution in [0, 0.1) is 16.7 Å². The first kappa shape index (κ1) is 20.0. The van der Waals surface area contributed by atoms with E-state index in [-0.39, 0.29) is 31.8 Å². The molecule has 2 N–H and O–H groups in total.